The lowest BCUT2D eigenvalue weighted by Gasteiger charge is -2.05. The van der Waals surface area contributed by atoms with Crippen LogP contribution in [0.2, 0.25) is 0 Å². The van der Waals surface area contributed by atoms with Gasteiger partial charge in [0.25, 0.3) is 5.91 Å². The molecule has 0 bridgehead atoms. The number of H-pyrrole nitrogens is 1. The van der Waals surface area contributed by atoms with Gasteiger partial charge in [0, 0.05) is 5.56 Å². The number of nitrogens with one attached hydrogen (secondary N) is 2. The van der Waals surface area contributed by atoms with Gasteiger partial charge < -0.3 is 15.4 Å². The second kappa shape index (κ2) is 5.04. The quantitative estimate of drug-likeness (QED) is 0.680. The Bertz CT molecular complexity index is 824. The number of aromatic amines is 1. The van der Waals surface area contributed by atoms with Gasteiger partial charge >= 0.3 is 5.97 Å². The fourth-order valence-corrected chi connectivity index (χ4v) is 1.87. The van der Waals surface area contributed by atoms with Crippen LogP contribution in [-0.2, 0) is 0 Å². The highest BCUT2D eigenvalue weighted by Gasteiger charge is 2.09. The van der Waals surface area contributed by atoms with E-state index in [1.165, 1.54) is 18.3 Å². The number of imidazole rings is 1. The summed E-state index contributed by atoms with van der Waals surface area (Å²) in [6.45, 7) is 0. The number of fused-ring (bicyclic) bond motifs is 1. The van der Waals surface area contributed by atoms with Crippen LogP contribution in [0.15, 0.2) is 42.9 Å². The van der Waals surface area contributed by atoms with Gasteiger partial charge in [-0.1, -0.05) is 0 Å². The number of carboxylic acid groups (broad SMARTS) is 1. The number of anilines is 1. The molecule has 0 aliphatic rings. The molecule has 1 aromatic carbocycles. The molecule has 0 saturated carbocycles. The highest BCUT2D eigenvalue weighted by molar-refractivity contribution is 6.05. The molecule has 1 amide bonds. The lowest BCUT2D eigenvalue weighted by Crippen LogP contribution is -2.12. The summed E-state index contributed by atoms with van der Waals surface area (Å²) in [5, 5.41) is 11.4. The molecule has 0 unspecified atom stereocenters. The van der Waals surface area contributed by atoms with Gasteiger partial charge in [-0.05, 0) is 30.3 Å². The van der Waals surface area contributed by atoms with Crippen molar-refractivity contribution in [2.45, 2.75) is 0 Å². The molecule has 0 atom stereocenters. The molecule has 104 valence electrons. The van der Waals surface area contributed by atoms with E-state index in [-0.39, 0.29) is 11.6 Å². The lowest BCUT2D eigenvalue weighted by atomic mass is 10.2. The zero-order valence-electron chi connectivity index (χ0n) is 10.7. The highest BCUT2D eigenvalue weighted by atomic mass is 16.4. The number of pyridine rings is 1. The molecule has 3 aromatic rings. The van der Waals surface area contributed by atoms with Gasteiger partial charge in [0.05, 0.1) is 29.2 Å². The Kier molecular flexibility index (Phi) is 3.07. The van der Waals surface area contributed by atoms with Crippen LogP contribution in [0.5, 0.6) is 0 Å². The normalized spacial score (nSPS) is 10.5. The topological polar surface area (TPSA) is 108 Å². The van der Waals surface area contributed by atoms with E-state index in [2.05, 4.69) is 20.3 Å². The Morgan fingerprint density at radius 3 is 2.71 bits per heavy atom. The first-order valence-corrected chi connectivity index (χ1v) is 6.07. The molecule has 3 N–H and O–H groups in total. The predicted octanol–water partition coefficient (Wildman–Crippen LogP) is 1.91. The molecular weight excluding hydrogens is 272 g/mol. The van der Waals surface area contributed by atoms with Crippen LogP contribution < -0.4 is 5.32 Å². The van der Waals surface area contributed by atoms with E-state index in [9.17, 15) is 9.59 Å². The maximum Gasteiger partial charge on any atom is 0.354 e. The molecule has 0 saturated heterocycles. The number of aromatic carboxylic acids is 1. The van der Waals surface area contributed by atoms with Crippen molar-refractivity contribution in [1.29, 1.82) is 0 Å². The minimum absolute atomic E-state index is 0.0770. The molecule has 2 heterocycles. The molecule has 0 aliphatic heterocycles. The van der Waals surface area contributed by atoms with Crippen LogP contribution in [0.3, 0.4) is 0 Å². The molecule has 0 aliphatic carbocycles. The van der Waals surface area contributed by atoms with Crippen molar-refractivity contribution in [1.82, 2.24) is 15.0 Å². The van der Waals surface area contributed by atoms with E-state index in [0.29, 0.717) is 11.3 Å². The maximum atomic E-state index is 12.1. The standard InChI is InChI=1S/C14H10N4O3/c19-13(8-1-3-10-12(5-8)17-7-16-10)18-9-2-4-11(14(20)21)15-6-9/h1-7H,(H,16,17)(H,18,19)(H,20,21). The van der Waals surface area contributed by atoms with E-state index in [1.807, 2.05) is 0 Å². The van der Waals surface area contributed by atoms with Gasteiger partial charge in [0.1, 0.15) is 5.69 Å². The van der Waals surface area contributed by atoms with E-state index >= 15 is 0 Å². The van der Waals surface area contributed by atoms with Crippen molar-refractivity contribution in [3.8, 4) is 0 Å². The zero-order chi connectivity index (χ0) is 14.8. The minimum atomic E-state index is -1.11. The van der Waals surface area contributed by atoms with Crippen molar-refractivity contribution >= 4 is 28.6 Å². The summed E-state index contributed by atoms with van der Waals surface area (Å²) in [6.07, 6.45) is 2.86. The van der Waals surface area contributed by atoms with Crippen LogP contribution >= 0.6 is 0 Å². The number of benzene rings is 1. The number of amides is 1. The summed E-state index contributed by atoms with van der Waals surface area (Å²) < 4.78 is 0. The van der Waals surface area contributed by atoms with E-state index in [1.54, 1.807) is 24.5 Å². The van der Waals surface area contributed by atoms with Crippen molar-refractivity contribution in [2.24, 2.45) is 0 Å². The predicted molar refractivity (Wildman–Crippen MR) is 75.2 cm³/mol. The van der Waals surface area contributed by atoms with Gasteiger partial charge in [-0.15, -0.1) is 0 Å². The first-order chi connectivity index (χ1) is 10.1. The molecular formula is C14H10N4O3. The molecule has 7 nitrogen and oxygen atoms in total. The van der Waals surface area contributed by atoms with Gasteiger partial charge in [0.15, 0.2) is 0 Å². The average Bonchev–Trinajstić information content (AvgIpc) is 2.95. The first-order valence-electron chi connectivity index (χ1n) is 6.07. The van der Waals surface area contributed by atoms with Crippen LogP contribution in [0.25, 0.3) is 11.0 Å². The summed E-state index contributed by atoms with van der Waals surface area (Å²) in [6, 6.07) is 7.92. The second-order valence-corrected chi connectivity index (χ2v) is 4.33. The third-order valence-corrected chi connectivity index (χ3v) is 2.92. The Hall–Kier alpha value is -3.22. The molecule has 3 rings (SSSR count). The number of carbonyl (C=O) groups excluding carboxylic acids is 1. The zero-order valence-corrected chi connectivity index (χ0v) is 10.7. The minimum Gasteiger partial charge on any atom is -0.477 e. The summed E-state index contributed by atoms with van der Waals surface area (Å²) in [7, 11) is 0. The van der Waals surface area contributed by atoms with E-state index < -0.39 is 5.97 Å². The SMILES string of the molecule is O=C(Nc1ccc(C(=O)O)nc1)c1ccc2nc[nH]c2c1. The third kappa shape index (κ3) is 2.57. The molecule has 7 heteroatoms. The molecule has 21 heavy (non-hydrogen) atoms. The number of aromatic nitrogens is 3. The maximum absolute atomic E-state index is 12.1. The lowest BCUT2D eigenvalue weighted by molar-refractivity contribution is 0.0690. The fraction of sp³-hybridized carbons (Fsp3) is 0. The van der Waals surface area contributed by atoms with E-state index in [4.69, 9.17) is 5.11 Å². The largest absolute Gasteiger partial charge is 0.477 e. The Morgan fingerprint density at radius 2 is 2.00 bits per heavy atom. The Labute approximate surface area is 118 Å². The Morgan fingerprint density at radius 1 is 1.14 bits per heavy atom. The summed E-state index contributed by atoms with van der Waals surface area (Å²) >= 11 is 0. The molecule has 2 aromatic heterocycles. The smallest absolute Gasteiger partial charge is 0.354 e. The summed E-state index contributed by atoms with van der Waals surface area (Å²) in [5.41, 5.74) is 2.36. The van der Waals surface area contributed by atoms with Crippen molar-refractivity contribution in [3.05, 3.63) is 54.1 Å². The highest BCUT2D eigenvalue weighted by Crippen LogP contribution is 2.14. The van der Waals surface area contributed by atoms with Crippen molar-refractivity contribution in [3.63, 3.8) is 0 Å². The summed E-state index contributed by atoms with van der Waals surface area (Å²) in [4.78, 5) is 33.5. The molecule has 0 radical (unpaired) electrons. The van der Waals surface area contributed by atoms with Gasteiger partial charge in [-0.3, -0.25) is 4.79 Å². The van der Waals surface area contributed by atoms with Crippen molar-refractivity contribution in [2.75, 3.05) is 5.32 Å². The van der Waals surface area contributed by atoms with Gasteiger partial charge in [-0.2, -0.15) is 0 Å². The average molecular weight is 282 g/mol. The van der Waals surface area contributed by atoms with Gasteiger partial charge in [0.2, 0.25) is 0 Å². The second-order valence-electron chi connectivity index (χ2n) is 4.33. The number of hydrogen-bond acceptors (Lipinski definition) is 4. The number of hydrogen-bond donors (Lipinski definition) is 3. The van der Waals surface area contributed by atoms with Crippen LogP contribution in [-0.4, -0.2) is 31.9 Å². The Balaban J connectivity index is 1.80. The molecule has 0 spiro atoms. The number of rotatable bonds is 3. The van der Waals surface area contributed by atoms with E-state index in [0.717, 1.165) is 11.0 Å². The first kappa shape index (κ1) is 12.8. The van der Waals surface area contributed by atoms with Crippen molar-refractivity contribution < 1.29 is 14.7 Å². The summed E-state index contributed by atoms with van der Waals surface area (Å²) in [5.74, 6) is -1.42. The monoisotopic (exact) mass is 282 g/mol. The molecule has 0 fully saturated rings. The van der Waals surface area contributed by atoms with Gasteiger partial charge in [-0.25, -0.2) is 14.8 Å². The number of nitrogens with zero attached hydrogens (tertiary/aromatic N) is 2. The third-order valence-electron chi connectivity index (χ3n) is 2.92. The fourth-order valence-electron chi connectivity index (χ4n) is 1.87. The number of carboxylic acids is 1. The number of carbonyl (C=O) groups is 2. The van der Waals surface area contributed by atoms with Crippen LogP contribution in [0.4, 0.5) is 5.69 Å². The van der Waals surface area contributed by atoms with Crippen LogP contribution in [0.1, 0.15) is 20.8 Å². The van der Waals surface area contributed by atoms with Crippen LogP contribution in [0, 0.1) is 0 Å².